The van der Waals surface area contributed by atoms with Crippen LogP contribution in [0.2, 0.25) is 0 Å². The van der Waals surface area contributed by atoms with Gasteiger partial charge in [-0.2, -0.15) is 0 Å². The number of aliphatic carboxylic acids is 1. The SMILES string of the molecule is C[C@H](NC(=O)[C@@H]1CCC(=O)N1)C(=O)N[C@@H](CCCCN)C(=O)N[C@@H](CO)C(=O)O. The molecule has 1 aliphatic heterocycles. The van der Waals surface area contributed by atoms with Crippen molar-refractivity contribution in [3.8, 4) is 0 Å². The van der Waals surface area contributed by atoms with Gasteiger partial charge in [0.1, 0.15) is 24.2 Å². The highest BCUT2D eigenvalue weighted by molar-refractivity contribution is 5.95. The van der Waals surface area contributed by atoms with Crippen molar-refractivity contribution >= 4 is 29.6 Å². The third-order valence-corrected chi connectivity index (χ3v) is 4.44. The molecule has 0 bridgehead atoms. The summed E-state index contributed by atoms with van der Waals surface area (Å²) in [5.74, 6) is -3.57. The number of amides is 4. The zero-order chi connectivity index (χ0) is 22.0. The number of aliphatic hydroxyl groups is 1. The van der Waals surface area contributed by atoms with E-state index in [9.17, 15) is 24.0 Å². The van der Waals surface area contributed by atoms with Gasteiger partial charge in [-0.3, -0.25) is 19.2 Å². The lowest BCUT2D eigenvalue weighted by Crippen LogP contribution is -2.56. The van der Waals surface area contributed by atoms with E-state index in [0.29, 0.717) is 25.8 Å². The second kappa shape index (κ2) is 12.0. The van der Waals surface area contributed by atoms with E-state index in [2.05, 4.69) is 21.3 Å². The minimum absolute atomic E-state index is 0.200. The number of nitrogens with two attached hydrogens (primary N) is 1. The molecule has 0 spiro atoms. The van der Waals surface area contributed by atoms with Crippen LogP contribution in [-0.4, -0.2) is 77.1 Å². The fourth-order valence-corrected chi connectivity index (χ4v) is 2.71. The Hall–Kier alpha value is -2.73. The molecule has 0 saturated carbocycles. The molecule has 8 N–H and O–H groups in total. The maximum absolute atomic E-state index is 12.4. The molecule has 29 heavy (non-hydrogen) atoms. The molecule has 12 nitrogen and oxygen atoms in total. The molecule has 0 aromatic carbocycles. The Balaban J connectivity index is 2.68. The summed E-state index contributed by atoms with van der Waals surface area (Å²) < 4.78 is 0. The lowest BCUT2D eigenvalue weighted by Gasteiger charge is -2.23. The molecule has 12 heteroatoms. The summed E-state index contributed by atoms with van der Waals surface area (Å²) in [7, 11) is 0. The Morgan fingerprint density at radius 3 is 2.31 bits per heavy atom. The monoisotopic (exact) mass is 415 g/mol. The molecule has 1 heterocycles. The minimum Gasteiger partial charge on any atom is -0.480 e. The molecule has 0 unspecified atom stereocenters. The molecule has 0 radical (unpaired) electrons. The van der Waals surface area contributed by atoms with Crippen LogP contribution in [0, 0.1) is 0 Å². The highest BCUT2D eigenvalue weighted by Gasteiger charge is 2.31. The van der Waals surface area contributed by atoms with Crippen LogP contribution in [0.4, 0.5) is 0 Å². The van der Waals surface area contributed by atoms with Gasteiger partial charge in [-0.1, -0.05) is 0 Å². The van der Waals surface area contributed by atoms with E-state index in [0.717, 1.165) is 0 Å². The number of carboxylic acids is 1. The van der Waals surface area contributed by atoms with Crippen molar-refractivity contribution in [2.75, 3.05) is 13.2 Å². The summed E-state index contributed by atoms with van der Waals surface area (Å²) in [6, 6.07) is -4.26. The summed E-state index contributed by atoms with van der Waals surface area (Å²) in [4.78, 5) is 59.1. The Morgan fingerprint density at radius 1 is 1.14 bits per heavy atom. The fraction of sp³-hybridized carbons (Fsp3) is 0.706. The first-order chi connectivity index (χ1) is 13.7. The van der Waals surface area contributed by atoms with Crippen molar-refractivity contribution in [1.82, 2.24) is 21.3 Å². The van der Waals surface area contributed by atoms with Gasteiger partial charge in [0.25, 0.3) is 0 Å². The molecule has 0 aliphatic carbocycles. The number of unbranched alkanes of at least 4 members (excludes halogenated alkanes) is 1. The molecule has 1 aliphatic rings. The third-order valence-electron chi connectivity index (χ3n) is 4.44. The van der Waals surface area contributed by atoms with Gasteiger partial charge in [-0.25, -0.2) is 4.79 Å². The summed E-state index contributed by atoms with van der Waals surface area (Å²) >= 11 is 0. The van der Waals surface area contributed by atoms with Crippen LogP contribution >= 0.6 is 0 Å². The zero-order valence-corrected chi connectivity index (χ0v) is 16.3. The van der Waals surface area contributed by atoms with Gasteiger partial charge >= 0.3 is 5.97 Å². The van der Waals surface area contributed by atoms with Gasteiger partial charge in [0.15, 0.2) is 0 Å². The van der Waals surface area contributed by atoms with Gasteiger partial charge < -0.3 is 37.2 Å². The highest BCUT2D eigenvalue weighted by Crippen LogP contribution is 2.07. The first-order valence-corrected chi connectivity index (χ1v) is 9.43. The van der Waals surface area contributed by atoms with E-state index in [-0.39, 0.29) is 18.7 Å². The Kier molecular flexibility index (Phi) is 10.0. The number of carbonyl (C=O) groups is 5. The second-order valence-electron chi connectivity index (χ2n) is 6.82. The van der Waals surface area contributed by atoms with Crippen LogP contribution in [0.15, 0.2) is 0 Å². The largest absolute Gasteiger partial charge is 0.480 e. The molecule has 1 saturated heterocycles. The first-order valence-electron chi connectivity index (χ1n) is 9.43. The van der Waals surface area contributed by atoms with Gasteiger partial charge in [0.05, 0.1) is 6.61 Å². The van der Waals surface area contributed by atoms with Crippen LogP contribution in [0.3, 0.4) is 0 Å². The van der Waals surface area contributed by atoms with Crippen molar-refractivity contribution in [2.24, 2.45) is 5.73 Å². The number of hydrogen-bond donors (Lipinski definition) is 7. The normalized spacial score (nSPS) is 18.9. The van der Waals surface area contributed by atoms with Crippen molar-refractivity contribution in [3.05, 3.63) is 0 Å². The van der Waals surface area contributed by atoms with Gasteiger partial charge in [0.2, 0.25) is 23.6 Å². The Bertz CT molecular complexity index is 627. The van der Waals surface area contributed by atoms with E-state index in [1.54, 1.807) is 0 Å². The number of carbonyl (C=O) groups excluding carboxylic acids is 4. The quantitative estimate of drug-likeness (QED) is 0.163. The lowest BCUT2D eigenvalue weighted by atomic mass is 10.1. The van der Waals surface area contributed by atoms with E-state index in [1.165, 1.54) is 6.92 Å². The molecule has 164 valence electrons. The number of carboxylic acid groups (broad SMARTS) is 1. The van der Waals surface area contributed by atoms with E-state index >= 15 is 0 Å². The van der Waals surface area contributed by atoms with Crippen molar-refractivity contribution < 1.29 is 34.2 Å². The van der Waals surface area contributed by atoms with Crippen LogP contribution in [-0.2, 0) is 24.0 Å². The minimum atomic E-state index is -1.50. The summed E-state index contributed by atoms with van der Waals surface area (Å²) in [6.07, 6.45) is 1.86. The number of hydrogen-bond acceptors (Lipinski definition) is 7. The molecule has 0 aromatic rings. The zero-order valence-electron chi connectivity index (χ0n) is 16.3. The maximum Gasteiger partial charge on any atom is 0.328 e. The lowest BCUT2D eigenvalue weighted by molar-refractivity contribution is -0.143. The van der Waals surface area contributed by atoms with Crippen LogP contribution in [0.25, 0.3) is 0 Å². The summed E-state index contributed by atoms with van der Waals surface area (Å²) in [5, 5.41) is 27.6. The van der Waals surface area contributed by atoms with Crippen molar-refractivity contribution in [3.63, 3.8) is 0 Å². The standard InChI is InChI=1S/C17H29N5O7/c1-9(19-15(26)11-5-6-13(24)20-11)14(25)21-10(4-2-3-7-18)16(27)22-12(8-23)17(28)29/h9-12,23H,2-8,18H2,1H3,(H,19,26)(H,20,24)(H,21,25)(H,22,27)(H,28,29)/t9-,10-,11-,12-/m0/s1. The van der Waals surface area contributed by atoms with E-state index in [1.807, 2.05) is 0 Å². The Morgan fingerprint density at radius 2 is 1.79 bits per heavy atom. The van der Waals surface area contributed by atoms with Gasteiger partial charge in [-0.15, -0.1) is 0 Å². The molecule has 0 aromatic heterocycles. The third kappa shape index (κ3) is 8.03. The van der Waals surface area contributed by atoms with Crippen LogP contribution in [0.5, 0.6) is 0 Å². The predicted octanol–water partition coefficient (Wildman–Crippen LogP) is -3.05. The number of nitrogens with one attached hydrogen (secondary N) is 4. The first kappa shape index (κ1) is 24.3. The summed E-state index contributed by atoms with van der Waals surface area (Å²) in [5.41, 5.74) is 5.43. The van der Waals surface area contributed by atoms with Crippen LogP contribution < -0.4 is 27.0 Å². The predicted molar refractivity (Wildman–Crippen MR) is 100 cm³/mol. The maximum atomic E-state index is 12.4. The van der Waals surface area contributed by atoms with Crippen molar-refractivity contribution in [1.29, 1.82) is 0 Å². The highest BCUT2D eigenvalue weighted by atomic mass is 16.4. The molecular weight excluding hydrogens is 386 g/mol. The second-order valence-corrected chi connectivity index (χ2v) is 6.82. The van der Waals surface area contributed by atoms with Gasteiger partial charge in [-0.05, 0) is 39.2 Å². The molecule has 4 atom stereocenters. The average molecular weight is 415 g/mol. The van der Waals surface area contributed by atoms with E-state index < -0.39 is 54.5 Å². The average Bonchev–Trinajstić information content (AvgIpc) is 3.11. The summed E-state index contributed by atoms with van der Waals surface area (Å²) in [6.45, 7) is 1.01. The molecule has 1 rings (SSSR count). The Labute approximate surface area is 168 Å². The molecule has 1 fully saturated rings. The fourth-order valence-electron chi connectivity index (χ4n) is 2.71. The van der Waals surface area contributed by atoms with Gasteiger partial charge in [0, 0.05) is 6.42 Å². The number of rotatable bonds is 12. The molecule has 4 amide bonds. The van der Waals surface area contributed by atoms with Crippen molar-refractivity contribution in [2.45, 2.75) is 63.2 Å². The molecular formula is C17H29N5O7. The smallest absolute Gasteiger partial charge is 0.328 e. The number of aliphatic hydroxyl groups excluding tert-OH is 1. The van der Waals surface area contributed by atoms with Crippen LogP contribution in [0.1, 0.15) is 39.0 Å². The van der Waals surface area contributed by atoms with E-state index in [4.69, 9.17) is 15.9 Å². The topological polar surface area (TPSA) is 200 Å².